The zero-order valence-electron chi connectivity index (χ0n) is 7.02. The maximum Gasteiger partial charge on any atom is 0.277 e. The number of rotatable bonds is 4. The molecule has 0 heterocycles. The lowest BCUT2D eigenvalue weighted by atomic mass is 9.46. The maximum absolute atomic E-state index is 11.0. The second-order valence-electron chi connectivity index (χ2n) is 2.27. The van der Waals surface area contributed by atoms with Gasteiger partial charge in [0.05, 0.1) is 6.61 Å². The van der Waals surface area contributed by atoms with Crippen molar-refractivity contribution in [2.75, 3.05) is 6.61 Å². The number of hydrogen-bond acceptors (Lipinski definition) is 2. The number of hydrogen-bond donors (Lipinski definition) is 0. The molecule has 0 radical (unpaired) electrons. The van der Waals surface area contributed by atoms with E-state index in [1.54, 1.807) is 0 Å². The van der Waals surface area contributed by atoms with E-state index in [4.69, 9.17) is 4.74 Å². The average molecular weight is 142 g/mol. The van der Waals surface area contributed by atoms with Crippen molar-refractivity contribution in [1.82, 2.24) is 0 Å². The van der Waals surface area contributed by atoms with Crippen molar-refractivity contribution < 1.29 is 9.53 Å². The van der Waals surface area contributed by atoms with E-state index in [1.807, 2.05) is 20.8 Å². The lowest BCUT2D eigenvalue weighted by Gasteiger charge is -2.06. The van der Waals surface area contributed by atoms with Gasteiger partial charge in [0.15, 0.2) is 0 Å². The fraction of sp³-hybridized carbons (Fsp3) is 0.857. The molecule has 2 nitrogen and oxygen atoms in total. The molecular weight excluding hydrogens is 127 g/mol. The van der Waals surface area contributed by atoms with Gasteiger partial charge in [-0.25, -0.2) is 0 Å². The van der Waals surface area contributed by atoms with E-state index < -0.39 is 0 Å². The summed E-state index contributed by atoms with van der Waals surface area (Å²) in [5, 5.41) is 0. The Balaban J connectivity index is 3.65. The summed E-state index contributed by atoms with van der Waals surface area (Å²) in [7, 11) is 0. The van der Waals surface area contributed by atoms with Gasteiger partial charge in [0, 0.05) is 0 Å². The van der Waals surface area contributed by atoms with E-state index in [-0.39, 0.29) is 12.6 Å². The van der Waals surface area contributed by atoms with Gasteiger partial charge in [0.1, 0.15) is 0 Å². The molecule has 0 rings (SSSR count). The molecule has 0 amide bonds. The second kappa shape index (κ2) is 5.33. The minimum absolute atomic E-state index is 0.0486. The number of carbonyl (C=O) groups is 1. The van der Waals surface area contributed by atoms with E-state index in [2.05, 4.69) is 0 Å². The summed E-state index contributed by atoms with van der Waals surface area (Å²) in [6.07, 6.45) is 1.77. The highest BCUT2D eigenvalue weighted by molar-refractivity contribution is 6.88. The van der Waals surface area contributed by atoms with Crippen LogP contribution < -0.4 is 0 Å². The maximum atomic E-state index is 11.0. The van der Waals surface area contributed by atoms with Gasteiger partial charge in [-0.15, -0.1) is 0 Å². The summed E-state index contributed by atoms with van der Waals surface area (Å²) < 4.78 is 4.85. The Kier molecular flexibility index (Phi) is 5.08. The SMILES string of the molecule is CCOC(=O)B(CC)CC. The van der Waals surface area contributed by atoms with Crippen LogP contribution in [0, 0.1) is 0 Å². The third-order valence-electron chi connectivity index (χ3n) is 1.61. The van der Waals surface area contributed by atoms with Crippen molar-refractivity contribution in [3.05, 3.63) is 0 Å². The normalized spacial score (nSPS) is 9.10. The zero-order valence-corrected chi connectivity index (χ0v) is 7.02. The fourth-order valence-corrected chi connectivity index (χ4v) is 0.882. The second-order valence-corrected chi connectivity index (χ2v) is 2.27. The standard InChI is InChI=1S/C7H15BO2/c1-4-8(5-2)7(9)10-6-3/h4-6H2,1-3H3. The zero-order chi connectivity index (χ0) is 7.98. The Morgan fingerprint density at radius 3 is 2.10 bits per heavy atom. The average Bonchev–Trinajstić information content (AvgIpc) is 1.91. The molecule has 10 heavy (non-hydrogen) atoms. The van der Waals surface area contributed by atoms with Crippen LogP contribution in [-0.4, -0.2) is 19.2 Å². The van der Waals surface area contributed by atoms with E-state index in [1.165, 1.54) is 0 Å². The molecule has 0 fully saturated rings. The fourth-order valence-electron chi connectivity index (χ4n) is 0.882. The Morgan fingerprint density at radius 2 is 1.80 bits per heavy atom. The van der Waals surface area contributed by atoms with Crippen molar-refractivity contribution in [3.8, 4) is 0 Å². The van der Waals surface area contributed by atoms with Crippen LogP contribution in [0.15, 0.2) is 0 Å². The Labute approximate surface area is 63.0 Å². The topological polar surface area (TPSA) is 26.3 Å². The molecule has 0 spiro atoms. The van der Waals surface area contributed by atoms with Crippen LogP contribution in [0.5, 0.6) is 0 Å². The van der Waals surface area contributed by atoms with Crippen molar-refractivity contribution in [2.24, 2.45) is 0 Å². The largest absolute Gasteiger partial charge is 0.474 e. The van der Waals surface area contributed by atoms with Crippen LogP contribution in [0.2, 0.25) is 12.6 Å². The van der Waals surface area contributed by atoms with Crippen molar-refractivity contribution in [2.45, 2.75) is 33.4 Å². The summed E-state index contributed by atoms with van der Waals surface area (Å²) in [6, 6.07) is 0. The highest BCUT2D eigenvalue weighted by atomic mass is 16.5. The van der Waals surface area contributed by atoms with Crippen molar-refractivity contribution in [1.29, 1.82) is 0 Å². The molecule has 0 aliphatic rings. The van der Waals surface area contributed by atoms with E-state index in [0.717, 1.165) is 12.6 Å². The summed E-state index contributed by atoms with van der Waals surface area (Å²) >= 11 is 0. The first-order valence-electron chi connectivity index (χ1n) is 3.92. The number of ether oxygens (including phenoxy) is 1. The van der Waals surface area contributed by atoms with Crippen molar-refractivity contribution >= 4 is 12.6 Å². The van der Waals surface area contributed by atoms with Crippen LogP contribution in [0.3, 0.4) is 0 Å². The van der Waals surface area contributed by atoms with Crippen LogP contribution >= 0.6 is 0 Å². The Hall–Kier alpha value is -0.465. The lowest BCUT2D eigenvalue weighted by Crippen LogP contribution is -2.24. The molecule has 0 aromatic carbocycles. The predicted molar refractivity (Wildman–Crippen MR) is 43.7 cm³/mol. The first-order valence-corrected chi connectivity index (χ1v) is 3.92. The van der Waals surface area contributed by atoms with Gasteiger partial charge >= 0.3 is 0 Å². The van der Waals surface area contributed by atoms with Crippen LogP contribution in [0.4, 0.5) is 4.79 Å². The molecular formula is C7H15BO2. The van der Waals surface area contributed by atoms with Gasteiger partial charge < -0.3 is 4.74 Å². The Bertz CT molecular complexity index is 99.8. The van der Waals surface area contributed by atoms with Gasteiger partial charge in [-0.3, -0.25) is 4.79 Å². The minimum atomic E-state index is -0.0486. The smallest absolute Gasteiger partial charge is 0.277 e. The molecule has 0 N–H and O–H groups in total. The monoisotopic (exact) mass is 142 g/mol. The van der Waals surface area contributed by atoms with Gasteiger partial charge in [-0.2, -0.15) is 0 Å². The summed E-state index contributed by atoms with van der Waals surface area (Å²) in [5.41, 5.74) is 0. The minimum Gasteiger partial charge on any atom is -0.474 e. The lowest BCUT2D eigenvalue weighted by molar-refractivity contribution is 0.177. The highest BCUT2D eigenvalue weighted by Gasteiger charge is 2.19. The molecule has 0 aliphatic heterocycles. The molecule has 58 valence electrons. The number of carbonyl (C=O) groups excluding carboxylic acids is 1. The molecule has 0 unspecified atom stereocenters. The first-order chi connectivity index (χ1) is 4.76. The molecule has 0 saturated carbocycles. The summed E-state index contributed by atoms with van der Waals surface area (Å²) in [6.45, 7) is 6.45. The van der Waals surface area contributed by atoms with E-state index in [0.29, 0.717) is 6.61 Å². The van der Waals surface area contributed by atoms with Gasteiger partial charge in [-0.1, -0.05) is 26.5 Å². The first kappa shape index (κ1) is 9.53. The molecule has 0 saturated heterocycles. The Morgan fingerprint density at radius 1 is 1.30 bits per heavy atom. The third-order valence-corrected chi connectivity index (χ3v) is 1.61. The molecule has 3 heteroatoms. The highest BCUT2D eigenvalue weighted by Crippen LogP contribution is 2.01. The quantitative estimate of drug-likeness (QED) is 0.562. The predicted octanol–water partition coefficient (Wildman–Crippen LogP) is 2.26. The van der Waals surface area contributed by atoms with E-state index >= 15 is 0 Å². The molecule has 0 bridgehead atoms. The summed E-state index contributed by atoms with van der Waals surface area (Å²) in [5.74, 6) is -0.0486. The third kappa shape index (κ3) is 2.90. The molecule has 0 atom stereocenters. The molecule has 0 aliphatic carbocycles. The van der Waals surface area contributed by atoms with Crippen LogP contribution in [0.25, 0.3) is 0 Å². The van der Waals surface area contributed by atoms with Gasteiger partial charge in [0.25, 0.3) is 12.6 Å². The summed E-state index contributed by atoms with van der Waals surface area (Å²) in [4.78, 5) is 11.0. The van der Waals surface area contributed by atoms with Crippen LogP contribution in [-0.2, 0) is 4.74 Å². The molecule has 0 aromatic rings. The van der Waals surface area contributed by atoms with Gasteiger partial charge in [0.2, 0.25) is 0 Å². The molecule has 0 aromatic heterocycles. The van der Waals surface area contributed by atoms with Gasteiger partial charge in [-0.05, 0) is 6.92 Å². The van der Waals surface area contributed by atoms with E-state index in [9.17, 15) is 4.79 Å². The van der Waals surface area contributed by atoms with Crippen LogP contribution in [0.1, 0.15) is 20.8 Å². The van der Waals surface area contributed by atoms with Crippen molar-refractivity contribution in [3.63, 3.8) is 0 Å².